The van der Waals surface area contributed by atoms with Crippen LogP contribution in [-0.2, 0) is 6.54 Å². The number of carbonyl (C=O) groups excluding carboxylic acids is 1. The van der Waals surface area contributed by atoms with Crippen LogP contribution in [0.25, 0.3) is 0 Å². The zero-order valence-electron chi connectivity index (χ0n) is 13.7. The molecular weight excluding hydrogens is 325 g/mol. The molecule has 1 aromatic carbocycles. The Morgan fingerprint density at radius 1 is 1.42 bits per heavy atom. The molecule has 0 aliphatic heterocycles. The highest BCUT2D eigenvalue weighted by molar-refractivity contribution is 7.09. The lowest BCUT2D eigenvalue weighted by molar-refractivity contribution is 0.196. The SMILES string of the molecule is CN(Cc1nccs1)C(=O)N[C@@H](c1ccccc1F)C1CCCC1. The van der Waals surface area contributed by atoms with Gasteiger partial charge in [-0.1, -0.05) is 31.0 Å². The molecule has 1 N–H and O–H groups in total. The van der Waals surface area contributed by atoms with Crippen molar-refractivity contribution in [2.75, 3.05) is 7.05 Å². The Morgan fingerprint density at radius 3 is 2.83 bits per heavy atom. The molecule has 0 saturated heterocycles. The standard InChI is InChI=1S/C18H22FN3OS/c1-22(12-16-20-10-11-24-16)18(23)21-17(13-6-2-3-7-13)14-8-4-5-9-15(14)19/h4-5,8-11,13,17H,2-3,6-7,12H2,1H3,(H,21,23)/t17-/m1/s1. The second-order valence-electron chi connectivity index (χ2n) is 6.28. The summed E-state index contributed by atoms with van der Waals surface area (Å²) in [4.78, 5) is 18.4. The Balaban J connectivity index is 1.73. The molecule has 1 heterocycles. The molecular formula is C18H22FN3OS. The average Bonchev–Trinajstić information content (AvgIpc) is 3.26. The smallest absolute Gasteiger partial charge is 0.318 e. The fourth-order valence-corrected chi connectivity index (χ4v) is 3.99. The molecule has 0 unspecified atom stereocenters. The summed E-state index contributed by atoms with van der Waals surface area (Å²) in [7, 11) is 1.74. The third kappa shape index (κ3) is 3.93. The number of hydrogen-bond donors (Lipinski definition) is 1. The number of nitrogens with zero attached hydrogens (tertiary/aromatic N) is 2. The molecule has 0 radical (unpaired) electrons. The van der Waals surface area contributed by atoms with Crippen LogP contribution in [-0.4, -0.2) is 23.0 Å². The number of aromatic nitrogens is 1. The van der Waals surface area contributed by atoms with Gasteiger partial charge in [0.1, 0.15) is 10.8 Å². The van der Waals surface area contributed by atoms with Crippen LogP contribution in [0.1, 0.15) is 42.3 Å². The Hall–Kier alpha value is -1.95. The molecule has 1 aliphatic rings. The summed E-state index contributed by atoms with van der Waals surface area (Å²) in [6.07, 6.45) is 6.05. The van der Waals surface area contributed by atoms with Gasteiger partial charge in [-0.05, 0) is 24.8 Å². The molecule has 6 heteroatoms. The van der Waals surface area contributed by atoms with Crippen molar-refractivity contribution in [3.8, 4) is 0 Å². The molecule has 2 amide bonds. The number of nitrogens with one attached hydrogen (secondary N) is 1. The van der Waals surface area contributed by atoms with E-state index in [1.165, 1.54) is 17.4 Å². The maximum Gasteiger partial charge on any atom is 0.318 e. The summed E-state index contributed by atoms with van der Waals surface area (Å²) in [6, 6.07) is 6.28. The molecule has 128 valence electrons. The number of halogens is 1. The third-order valence-corrected chi connectivity index (χ3v) is 5.36. The van der Waals surface area contributed by atoms with Gasteiger partial charge in [-0.25, -0.2) is 14.2 Å². The molecule has 0 spiro atoms. The molecule has 0 bridgehead atoms. The molecule has 3 rings (SSSR count). The van der Waals surface area contributed by atoms with E-state index < -0.39 is 0 Å². The van der Waals surface area contributed by atoms with Gasteiger partial charge in [0.2, 0.25) is 0 Å². The number of carbonyl (C=O) groups is 1. The van der Waals surface area contributed by atoms with E-state index in [0.717, 1.165) is 30.7 Å². The second-order valence-corrected chi connectivity index (χ2v) is 7.25. The van der Waals surface area contributed by atoms with Gasteiger partial charge in [-0.2, -0.15) is 0 Å². The van der Waals surface area contributed by atoms with Crippen LogP contribution < -0.4 is 5.32 Å². The minimum absolute atomic E-state index is 0.189. The Labute approximate surface area is 145 Å². The normalized spacial score (nSPS) is 16.1. The fourth-order valence-electron chi connectivity index (χ4n) is 3.32. The molecule has 24 heavy (non-hydrogen) atoms. The highest BCUT2D eigenvalue weighted by Gasteiger charge is 2.30. The van der Waals surface area contributed by atoms with Gasteiger partial charge in [0.25, 0.3) is 0 Å². The van der Waals surface area contributed by atoms with Crippen LogP contribution in [0.4, 0.5) is 9.18 Å². The lowest BCUT2D eigenvalue weighted by atomic mass is 9.91. The summed E-state index contributed by atoms with van der Waals surface area (Å²) < 4.78 is 14.3. The van der Waals surface area contributed by atoms with Crippen molar-refractivity contribution in [3.63, 3.8) is 0 Å². The Bertz CT molecular complexity index is 671. The maximum absolute atomic E-state index is 14.3. The van der Waals surface area contributed by atoms with Gasteiger partial charge in [0.15, 0.2) is 0 Å². The van der Waals surface area contributed by atoms with Gasteiger partial charge >= 0.3 is 6.03 Å². The van der Waals surface area contributed by atoms with Crippen molar-refractivity contribution in [1.82, 2.24) is 15.2 Å². The van der Waals surface area contributed by atoms with Crippen molar-refractivity contribution in [2.45, 2.75) is 38.3 Å². The minimum atomic E-state index is -0.278. The van der Waals surface area contributed by atoms with Gasteiger partial charge in [-0.15, -0.1) is 11.3 Å². The monoisotopic (exact) mass is 347 g/mol. The predicted molar refractivity (Wildman–Crippen MR) is 93.2 cm³/mol. The van der Waals surface area contributed by atoms with Gasteiger partial charge in [0.05, 0.1) is 12.6 Å². The first-order valence-corrected chi connectivity index (χ1v) is 9.17. The van der Waals surface area contributed by atoms with Crippen LogP contribution in [0.5, 0.6) is 0 Å². The van der Waals surface area contributed by atoms with E-state index in [2.05, 4.69) is 10.3 Å². The Morgan fingerprint density at radius 2 is 2.17 bits per heavy atom. The minimum Gasteiger partial charge on any atom is -0.331 e. The number of urea groups is 1. The van der Waals surface area contributed by atoms with Crippen molar-refractivity contribution in [3.05, 3.63) is 52.2 Å². The fraction of sp³-hybridized carbons (Fsp3) is 0.444. The average molecular weight is 347 g/mol. The van der Waals surface area contributed by atoms with E-state index >= 15 is 0 Å². The first kappa shape index (κ1) is 16.9. The molecule has 1 saturated carbocycles. The van der Waals surface area contributed by atoms with Gasteiger partial charge in [0, 0.05) is 24.2 Å². The number of rotatable bonds is 5. The lowest BCUT2D eigenvalue weighted by Gasteiger charge is -2.28. The van der Waals surface area contributed by atoms with E-state index in [1.807, 2.05) is 11.4 Å². The van der Waals surface area contributed by atoms with Crippen LogP contribution in [0, 0.1) is 11.7 Å². The molecule has 1 fully saturated rings. The summed E-state index contributed by atoms with van der Waals surface area (Å²) in [5, 5.41) is 5.83. The topological polar surface area (TPSA) is 45.2 Å². The zero-order valence-corrected chi connectivity index (χ0v) is 14.6. The predicted octanol–water partition coefficient (Wildman–Crippen LogP) is 4.36. The number of thiazole rings is 1. The van der Waals surface area contributed by atoms with E-state index in [1.54, 1.807) is 30.3 Å². The quantitative estimate of drug-likeness (QED) is 0.874. The van der Waals surface area contributed by atoms with Crippen molar-refractivity contribution in [1.29, 1.82) is 0 Å². The largest absolute Gasteiger partial charge is 0.331 e. The maximum atomic E-state index is 14.3. The van der Waals surface area contributed by atoms with Crippen molar-refractivity contribution in [2.24, 2.45) is 5.92 Å². The van der Waals surface area contributed by atoms with E-state index in [4.69, 9.17) is 0 Å². The van der Waals surface area contributed by atoms with Crippen LogP contribution in [0.2, 0.25) is 0 Å². The summed E-state index contributed by atoms with van der Waals surface area (Å²) >= 11 is 1.52. The van der Waals surface area contributed by atoms with E-state index in [9.17, 15) is 9.18 Å². The third-order valence-electron chi connectivity index (χ3n) is 4.59. The summed E-state index contributed by atoms with van der Waals surface area (Å²) in [6.45, 7) is 0.457. The first-order chi connectivity index (χ1) is 11.6. The van der Waals surface area contributed by atoms with Crippen molar-refractivity contribution < 1.29 is 9.18 Å². The Kier molecular flexibility index (Phi) is 5.45. The number of benzene rings is 1. The van der Waals surface area contributed by atoms with Crippen LogP contribution in [0.15, 0.2) is 35.8 Å². The van der Waals surface area contributed by atoms with Gasteiger partial charge < -0.3 is 10.2 Å². The van der Waals surface area contributed by atoms with Crippen LogP contribution >= 0.6 is 11.3 Å². The molecule has 1 atom stereocenters. The van der Waals surface area contributed by atoms with E-state index in [-0.39, 0.29) is 17.9 Å². The number of hydrogen-bond acceptors (Lipinski definition) is 3. The summed E-state index contributed by atoms with van der Waals surface area (Å²) in [5.74, 6) is 0.0383. The van der Waals surface area contributed by atoms with Gasteiger partial charge in [-0.3, -0.25) is 0 Å². The highest BCUT2D eigenvalue weighted by Crippen LogP contribution is 2.36. The zero-order chi connectivity index (χ0) is 16.9. The lowest BCUT2D eigenvalue weighted by Crippen LogP contribution is -2.41. The second kappa shape index (κ2) is 7.75. The number of amides is 2. The summed E-state index contributed by atoms with van der Waals surface area (Å²) in [5.41, 5.74) is 0.584. The van der Waals surface area contributed by atoms with Crippen LogP contribution in [0.3, 0.4) is 0 Å². The molecule has 2 aromatic rings. The highest BCUT2D eigenvalue weighted by atomic mass is 32.1. The first-order valence-electron chi connectivity index (χ1n) is 8.29. The molecule has 4 nitrogen and oxygen atoms in total. The van der Waals surface area contributed by atoms with E-state index in [0.29, 0.717) is 18.0 Å². The van der Waals surface area contributed by atoms with Crippen molar-refractivity contribution >= 4 is 17.4 Å². The molecule has 1 aromatic heterocycles. The molecule has 1 aliphatic carbocycles.